The van der Waals surface area contributed by atoms with Crippen LogP contribution in [0.1, 0.15) is 10.4 Å². The molecule has 0 spiro atoms. The van der Waals surface area contributed by atoms with Gasteiger partial charge in [-0.3, -0.25) is 4.79 Å². The van der Waals surface area contributed by atoms with Crippen molar-refractivity contribution in [1.29, 1.82) is 0 Å². The maximum absolute atomic E-state index is 12.5. The second kappa shape index (κ2) is 7.48. The summed E-state index contributed by atoms with van der Waals surface area (Å²) >= 11 is 0. The third kappa shape index (κ3) is 4.24. The first kappa shape index (κ1) is 17.2. The molecule has 1 saturated heterocycles. The Balaban J connectivity index is 1.62. The van der Waals surface area contributed by atoms with E-state index >= 15 is 0 Å². The van der Waals surface area contributed by atoms with Crippen LogP contribution >= 0.6 is 0 Å². The smallest absolute Gasteiger partial charge is 0.257 e. The van der Waals surface area contributed by atoms with Gasteiger partial charge in [0.15, 0.2) is 0 Å². The van der Waals surface area contributed by atoms with Gasteiger partial charge in [0.25, 0.3) is 5.91 Å². The molecule has 1 fully saturated rings. The van der Waals surface area contributed by atoms with Crippen LogP contribution in [0.15, 0.2) is 36.7 Å². The summed E-state index contributed by atoms with van der Waals surface area (Å²) in [4.78, 5) is 27.1. The quantitative estimate of drug-likeness (QED) is 0.913. The largest absolute Gasteiger partial charge is 0.378 e. The number of hydrogen-bond acceptors (Lipinski definition) is 6. The van der Waals surface area contributed by atoms with Gasteiger partial charge in [-0.25, -0.2) is 9.97 Å². The van der Waals surface area contributed by atoms with E-state index in [1.807, 2.05) is 48.2 Å². The zero-order valence-corrected chi connectivity index (χ0v) is 14.9. The molecule has 1 aromatic carbocycles. The number of aromatic nitrogens is 2. The van der Waals surface area contributed by atoms with E-state index in [9.17, 15) is 4.79 Å². The highest BCUT2D eigenvalue weighted by atomic mass is 16.2. The van der Waals surface area contributed by atoms with Crippen molar-refractivity contribution in [2.24, 2.45) is 0 Å². The van der Waals surface area contributed by atoms with Gasteiger partial charge >= 0.3 is 0 Å². The van der Waals surface area contributed by atoms with Crippen LogP contribution in [0, 0.1) is 0 Å². The number of amides is 1. The van der Waals surface area contributed by atoms with Crippen molar-refractivity contribution in [2.45, 2.75) is 0 Å². The van der Waals surface area contributed by atoms with E-state index in [-0.39, 0.29) is 5.91 Å². The van der Waals surface area contributed by atoms with Gasteiger partial charge in [-0.05, 0) is 31.3 Å². The van der Waals surface area contributed by atoms with E-state index in [1.165, 1.54) is 0 Å². The van der Waals surface area contributed by atoms with Crippen molar-refractivity contribution in [2.75, 3.05) is 57.5 Å². The topological polar surface area (TPSA) is 64.6 Å². The number of nitrogens with one attached hydrogen (secondary N) is 1. The average Bonchev–Trinajstić information content (AvgIpc) is 2.63. The number of hydrogen-bond donors (Lipinski definition) is 1. The van der Waals surface area contributed by atoms with Crippen LogP contribution in [0.2, 0.25) is 0 Å². The van der Waals surface area contributed by atoms with Crippen molar-refractivity contribution in [3.8, 4) is 0 Å². The molecule has 0 bridgehead atoms. The minimum absolute atomic E-state index is 0.00464. The Morgan fingerprint density at radius 3 is 2.20 bits per heavy atom. The lowest BCUT2D eigenvalue weighted by molar-refractivity contribution is 0.0663. The fraction of sp³-hybridized carbons (Fsp3) is 0.389. The summed E-state index contributed by atoms with van der Waals surface area (Å²) in [5.41, 5.74) is 2.56. The number of benzene rings is 1. The maximum atomic E-state index is 12.5. The van der Waals surface area contributed by atoms with Crippen molar-refractivity contribution in [3.05, 3.63) is 42.2 Å². The van der Waals surface area contributed by atoms with Crippen LogP contribution < -0.4 is 10.2 Å². The van der Waals surface area contributed by atoms with Crippen molar-refractivity contribution in [1.82, 2.24) is 19.8 Å². The Morgan fingerprint density at radius 2 is 1.64 bits per heavy atom. The Morgan fingerprint density at radius 1 is 1.04 bits per heavy atom. The summed E-state index contributed by atoms with van der Waals surface area (Å²) < 4.78 is 0. The second-order valence-corrected chi connectivity index (χ2v) is 6.46. The highest BCUT2D eigenvalue weighted by Crippen LogP contribution is 2.18. The van der Waals surface area contributed by atoms with Crippen molar-refractivity contribution < 1.29 is 4.79 Å². The van der Waals surface area contributed by atoms with Gasteiger partial charge in [0.2, 0.25) is 5.95 Å². The van der Waals surface area contributed by atoms with Gasteiger partial charge < -0.3 is 20.0 Å². The van der Waals surface area contributed by atoms with Crippen molar-refractivity contribution >= 4 is 23.2 Å². The molecule has 1 amide bonds. The molecule has 1 aliphatic heterocycles. The molecule has 0 unspecified atom stereocenters. The van der Waals surface area contributed by atoms with Crippen LogP contribution in [-0.4, -0.2) is 73.0 Å². The Labute approximate surface area is 148 Å². The predicted octanol–water partition coefficient (Wildman–Crippen LogP) is 1.67. The molecule has 25 heavy (non-hydrogen) atoms. The van der Waals surface area contributed by atoms with Crippen LogP contribution in [0.4, 0.5) is 17.3 Å². The first-order valence-electron chi connectivity index (χ1n) is 8.37. The minimum Gasteiger partial charge on any atom is -0.378 e. The van der Waals surface area contributed by atoms with Crippen LogP contribution in [0.3, 0.4) is 0 Å². The zero-order valence-electron chi connectivity index (χ0n) is 14.9. The molecule has 0 radical (unpaired) electrons. The molecule has 2 aromatic rings. The molecular formula is C18H24N6O. The van der Waals surface area contributed by atoms with Gasteiger partial charge in [-0.15, -0.1) is 0 Å². The molecule has 132 valence electrons. The Hall–Kier alpha value is -2.67. The first-order valence-corrected chi connectivity index (χ1v) is 8.37. The number of rotatable bonds is 4. The summed E-state index contributed by atoms with van der Waals surface area (Å²) in [6.45, 7) is 3.28. The molecule has 7 heteroatoms. The lowest BCUT2D eigenvalue weighted by atomic mass is 10.2. The maximum Gasteiger partial charge on any atom is 0.257 e. The Bertz CT molecular complexity index is 705. The standard InChI is InChI=1S/C18H24N6O/c1-22(2)16-6-4-15(5-7-16)21-18-19-12-14(13-20-18)17(25)24-10-8-23(3)9-11-24/h4-7,12-13H,8-11H2,1-3H3,(H,19,20,21). The lowest BCUT2D eigenvalue weighted by Gasteiger charge is -2.32. The summed E-state index contributed by atoms with van der Waals surface area (Å²) in [5, 5.41) is 3.15. The van der Waals surface area contributed by atoms with Gasteiger partial charge in [0.1, 0.15) is 0 Å². The predicted molar refractivity (Wildman–Crippen MR) is 99.5 cm³/mol. The molecule has 0 saturated carbocycles. The minimum atomic E-state index is -0.00464. The number of nitrogens with zero attached hydrogens (tertiary/aromatic N) is 5. The number of carbonyl (C=O) groups is 1. The fourth-order valence-corrected chi connectivity index (χ4v) is 2.67. The molecule has 2 heterocycles. The highest BCUT2D eigenvalue weighted by Gasteiger charge is 2.20. The summed E-state index contributed by atoms with van der Waals surface area (Å²) in [6, 6.07) is 7.99. The SMILES string of the molecule is CN1CCN(C(=O)c2cnc(Nc3ccc(N(C)C)cc3)nc2)CC1. The first-order chi connectivity index (χ1) is 12.0. The Kier molecular flexibility index (Phi) is 5.14. The molecule has 1 aliphatic rings. The van der Waals surface area contributed by atoms with Gasteiger partial charge in [0, 0.05) is 64.0 Å². The van der Waals surface area contributed by atoms with Crippen LogP contribution in [-0.2, 0) is 0 Å². The molecule has 1 N–H and O–H groups in total. The number of likely N-dealkylation sites (N-methyl/N-ethyl adjacent to an activating group) is 1. The van der Waals surface area contributed by atoms with E-state index in [1.54, 1.807) is 12.4 Å². The van der Waals surface area contributed by atoms with Crippen LogP contribution in [0.5, 0.6) is 0 Å². The molecular weight excluding hydrogens is 316 g/mol. The number of piperazine rings is 1. The molecule has 1 aromatic heterocycles. The van der Waals surface area contributed by atoms with Gasteiger partial charge in [-0.1, -0.05) is 0 Å². The molecule has 0 aliphatic carbocycles. The fourth-order valence-electron chi connectivity index (χ4n) is 2.67. The molecule has 0 atom stereocenters. The normalized spacial score (nSPS) is 15.1. The molecule has 7 nitrogen and oxygen atoms in total. The average molecular weight is 340 g/mol. The highest BCUT2D eigenvalue weighted by molar-refractivity contribution is 5.93. The summed E-state index contributed by atoms with van der Waals surface area (Å²) in [5.74, 6) is 0.475. The number of anilines is 3. The summed E-state index contributed by atoms with van der Waals surface area (Å²) in [6.07, 6.45) is 3.17. The van der Waals surface area contributed by atoms with E-state index in [2.05, 4.69) is 27.2 Å². The summed E-state index contributed by atoms with van der Waals surface area (Å²) in [7, 11) is 6.07. The lowest BCUT2D eigenvalue weighted by Crippen LogP contribution is -2.47. The van der Waals surface area contributed by atoms with Gasteiger partial charge in [-0.2, -0.15) is 0 Å². The number of carbonyl (C=O) groups excluding carboxylic acids is 1. The van der Waals surface area contributed by atoms with E-state index in [4.69, 9.17) is 0 Å². The monoisotopic (exact) mass is 340 g/mol. The van der Waals surface area contributed by atoms with Crippen LogP contribution in [0.25, 0.3) is 0 Å². The second-order valence-electron chi connectivity index (χ2n) is 6.46. The third-order valence-electron chi connectivity index (χ3n) is 4.33. The molecule has 3 rings (SSSR count). The van der Waals surface area contributed by atoms with E-state index < -0.39 is 0 Å². The zero-order chi connectivity index (χ0) is 17.8. The van der Waals surface area contributed by atoms with E-state index in [0.29, 0.717) is 11.5 Å². The third-order valence-corrected chi connectivity index (χ3v) is 4.33. The van der Waals surface area contributed by atoms with E-state index in [0.717, 1.165) is 37.6 Å². The van der Waals surface area contributed by atoms with Gasteiger partial charge in [0.05, 0.1) is 5.56 Å². The van der Waals surface area contributed by atoms with Crippen molar-refractivity contribution in [3.63, 3.8) is 0 Å².